The van der Waals surface area contributed by atoms with Crippen LogP contribution in [0.2, 0.25) is 30.7 Å². The molecule has 0 amide bonds. The second-order valence-corrected chi connectivity index (χ2v) is 12.2. The Labute approximate surface area is 127 Å². The normalized spacial score (nSPS) is 12.6. The molecule has 0 radical (unpaired) electrons. The Hall–Kier alpha value is -1.51. The first-order chi connectivity index (χ1) is 9.96. The van der Waals surface area contributed by atoms with Crippen molar-refractivity contribution in [1.82, 2.24) is 29.6 Å². The van der Waals surface area contributed by atoms with E-state index in [1.165, 1.54) is 0 Å². The topological polar surface area (TPSA) is 70.1 Å². The molecule has 0 saturated heterocycles. The zero-order chi connectivity index (χ0) is 15.0. The van der Waals surface area contributed by atoms with Crippen molar-refractivity contribution >= 4 is 36.4 Å². The minimum Gasteiger partial charge on any atom is -0.359 e. The predicted octanol–water partition coefficient (Wildman–Crippen LogP) is 2.44. The van der Waals surface area contributed by atoms with Gasteiger partial charge in [-0.05, 0) is 6.04 Å². The third-order valence-electron chi connectivity index (χ3n) is 3.18. The van der Waals surface area contributed by atoms with Gasteiger partial charge in [-0.1, -0.05) is 36.5 Å². The zero-order valence-corrected chi connectivity index (χ0v) is 14.0. The van der Waals surface area contributed by atoms with E-state index in [2.05, 4.69) is 40.0 Å². The van der Waals surface area contributed by atoms with E-state index in [1.807, 2.05) is 0 Å². The highest BCUT2D eigenvalue weighted by Crippen LogP contribution is 2.22. The van der Waals surface area contributed by atoms with Gasteiger partial charge in [0, 0.05) is 14.7 Å². The maximum absolute atomic E-state index is 6.12. The molecule has 3 heterocycles. The number of rotatable bonds is 5. The summed E-state index contributed by atoms with van der Waals surface area (Å²) in [6.07, 6.45) is 3.17. The van der Waals surface area contributed by atoms with Gasteiger partial charge in [-0.25, -0.2) is 14.2 Å². The van der Waals surface area contributed by atoms with Crippen molar-refractivity contribution in [2.24, 2.45) is 0 Å². The average molecular weight is 325 g/mol. The maximum Gasteiger partial charge on any atom is 0.184 e. The van der Waals surface area contributed by atoms with Crippen molar-refractivity contribution in [2.75, 3.05) is 6.61 Å². The quantitative estimate of drug-likeness (QED) is 0.532. The van der Waals surface area contributed by atoms with Crippen LogP contribution in [0.4, 0.5) is 0 Å². The molecule has 0 saturated carbocycles. The highest BCUT2D eigenvalue weighted by molar-refractivity contribution is 6.76. The molecule has 112 valence electrons. The average Bonchev–Trinajstić information content (AvgIpc) is 2.98. The molecule has 7 nitrogen and oxygen atoms in total. The van der Waals surface area contributed by atoms with E-state index in [1.54, 1.807) is 21.7 Å². The van der Waals surface area contributed by atoms with Crippen molar-refractivity contribution in [3.8, 4) is 0 Å². The molecule has 0 fully saturated rings. The standard InChI is InChI=1S/C12H17ClN6OSi/c1-21(2,3)5-4-20-8-19-12-10(16-17-19)11-9(13)6-15-18(11)7-14-12/h6-7H,4-5,8H2,1-3H3. The lowest BCUT2D eigenvalue weighted by Gasteiger charge is -2.15. The Balaban J connectivity index is 1.81. The molecular formula is C12H17ClN6OSi. The number of halogens is 1. The molecule has 0 unspecified atom stereocenters. The molecule has 0 aliphatic rings. The van der Waals surface area contributed by atoms with E-state index in [-0.39, 0.29) is 0 Å². The molecule has 0 aliphatic carbocycles. The molecule has 0 bridgehead atoms. The molecule has 0 N–H and O–H groups in total. The summed E-state index contributed by atoms with van der Waals surface area (Å²) >= 11 is 6.12. The summed E-state index contributed by atoms with van der Waals surface area (Å²) in [6, 6.07) is 1.12. The van der Waals surface area contributed by atoms with Crippen LogP contribution in [0.5, 0.6) is 0 Å². The van der Waals surface area contributed by atoms with Gasteiger partial charge in [0.2, 0.25) is 0 Å². The van der Waals surface area contributed by atoms with E-state index in [4.69, 9.17) is 16.3 Å². The Kier molecular flexibility index (Phi) is 3.68. The lowest BCUT2D eigenvalue weighted by molar-refractivity contribution is 0.0798. The van der Waals surface area contributed by atoms with Gasteiger partial charge in [-0.3, -0.25) is 0 Å². The van der Waals surface area contributed by atoms with Crippen LogP contribution in [0.3, 0.4) is 0 Å². The van der Waals surface area contributed by atoms with Crippen LogP contribution >= 0.6 is 11.6 Å². The van der Waals surface area contributed by atoms with Crippen LogP contribution in [0.1, 0.15) is 0 Å². The number of fused-ring (bicyclic) bond motifs is 3. The van der Waals surface area contributed by atoms with Crippen molar-refractivity contribution in [2.45, 2.75) is 32.4 Å². The van der Waals surface area contributed by atoms with Crippen LogP contribution < -0.4 is 0 Å². The predicted molar refractivity (Wildman–Crippen MR) is 83.2 cm³/mol. The van der Waals surface area contributed by atoms with Crippen molar-refractivity contribution in [3.05, 3.63) is 17.5 Å². The van der Waals surface area contributed by atoms with Gasteiger partial charge in [-0.15, -0.1) is 5.10 Å². The number of hydrogen-bond donors (Lipinski definition) is 0. The third-order valence-corrected chi connectivity index (χ3v) is 5.16. The SMILES string of the molecule is C[Si](C)(C)CCOCn1nnc2c1ncn1ncc(Cl)c21. The van der Waals surface area contributed by atoms with Gasteiger partial charge in [0.15, 0.2) is 11.2 Å². The second kappa shape index (κ2) is 5.36. The van der Waals surface area contributed by atoms with Gasteiger partial charge in [-0.2, -0.15) is 5.10 Å². The van der Waals surface area contributed by atoms with Crippen LogP contribution in [-0.2, 0) is 11.5 Å². The summed E-state index contributed by atoms with van der Waals surface area (Å²) in [5.41, 5.74) is 2.00. The second-order valence-electron chi connectivity index (χ2n) is 6.14. The first-order valence-corrected chi connectivity index (χ1v) is 10.8. The Bertz CT molecular complexity index is 777. The van der Waals surface area contributed by atoms with Crippen LogP contribution in [0, 0.1) is 0 Å². The number of nitrogens with zero attached hydrogens (tertiary/aromatic N) is 6. The Morgan fingerprint density at radius 1 is 1.33 bits per heavy atom. The minimum absolute atomic E-state index is 0.343. The fourth-order valence-corrected chi connectivity index (χ4v) is 2.94. The van der Waals surface area contributed by atoms with E-state index in [0.717, 1.165) is 18.2 Å². The van der Waals surface area contributed by atoms with E-state index >= 15 is 0 Å². The third kappa shape index (κ3) is 2.92. The van der Waals surface area contributed by atoms with Gasteiger partial charge in [0.1, 0.15) is 18.6 Å². The first-order valence-electron chi connectivity index (χ1n) is 6.74. The lowest BCUT2D eigenvalue weighted by Crippen LogP contribution is -2.22. The molecule has 0 atom stereocenters. The Morgan fingerprint density at radius 2 is 2.14 bits per heavy atom. The van der Waals surface area contributed by atoms with Crippen LogP contribution in [0.15, 0.2) is 12.5 Å². The minimum atomic E-state index is -1.08. The van der Waals surface area contributed by atoms with E-state index < -0.39 is 8.07 Å². The van der Waals surface area contributed by atoms with Gasteiger partial charge < -0.3 is 4.74 Å². The largest absolute Gasteiger partial charge is 0.359 e. The van der Waals surface area contributed by atoms with E-state index in [9.17, 15) is 0 Å². The summed E-state index contributed by atoms with van der Waals surface area (Å²) in [7, 11) is -1.08. The highest BCUT2D eigenvalue weighted by atomic mass is 35.5. The molecule has 3 rings (SSSR count). The van der Waals surface area contributed by atoms with Crippen LogP contribution in [0.25, 0.3) is 16.7 Å². The monoisotopic (exact) mass is 324 g/mol. The molecular weight excluding hydrogens is 308 g/mol. The smallest absolute Gasteiger partial charge is 0.184 e. The van der Waals surface area contributed by atoms with Gasteiger partial charge >= 0.3 is 0 Å². The summed E-state index contributed by atoms with van der Waals surface area (Å²) in [5, 5.41) is 12.9. The molecule has 0 spiro atoms. The van der Waals surface area contributed by atoms with Crippen molar-refractivity contribution in [1.29, 1.82) is 0 Å². The van der Waals surface area contributed by atoms with Crippen molar-refractivity contribution in [3.63, 3.8) is 0 Å². The molecule has 21 heavy (non-hydrogen) atoms. The summed E-state index contributed by atoms with van der Waals surface area (Å²) in [6.45, 7) is 8.03. The van der Waals surface area contributed by atoms with Gasteiger partial charge in [0.25, 0.3) is 0 Å². The fraction of sp³-hybridized carbons (Fsp3) is 0.500. The summed E-state index contributed by atoms with van der Waals surface area (Å²) < 4.78 is 8.92. The molecule has 3 aromatic rings. The number of ether oxygens (including phenoxy) is 1. The summed E-state index contributed by atoms with van der Waals surface area (Å²) in [4.78, 5) is 4.32. The molecule has 9 heteroatoms. The fourth-order valence-electron chi connectivity index (χ4n) is 1.97. The lowest BCUT2D eigenvalue weighted by atomic mass is 10.4. The summed E-state index contributed by atoms with van der Waals surface area (Å²) in [5.74, 6) is 0. The number of hydrogen-bond acceptors (Lipinski definition) is 5. The molecule has 3 aromatic heterocycles. The molecule has 0 aliphatic heterocycles. The number of aromatic nitrogens is 6. The van der Waals surface area contributed by atoms with Crippen LogP contribution in [-0.4, -0.2) is 44.3 Å². The maximum atomic E-state index is 6.12. The van der Waals surface area contributed by atoms with E-state index in [0.29, 0.717) is 22.9 Å². The highest BCUT2D eigenvalue weighted by Gasteiger charge is 2.15. The Morgan fingerprint density at radius 3 is 2.90 bits per heavy atom. The molecule has 0 aromatic carbocycles. The van der Waals surface area contributed by atoms with Gasteiger partial charge in [0.05, 0.1) is 11.2 Å². The first kappa shape index (κ1) is 14.4. The van der Waals surface area contributed by atoms with Crippen molar-refractivity contribution < 1.29 is 4.74 Å². The zero-order valence-electron chi connectivity index (χ0n) is 12.2.